The average molecular weight is 402 g/mol. The molecule has 1 aliphatic carbocycles. The number of H-pyrrole nitrogens is 1. The normalized spacial score (nSPS) is 19.8. The summed E-state index contributed by atoms with van der Waals surface area (Å²) in [7, 11) is 0. The lowest BCUT2D eigenvalue weighted by molar-refractivity contribution is -0.140. The lowest BCUT2D eigenvalue weighted by Crippen LogP contribution is -2.19. The van der Waals surface area contributed by atoms with Gasteiger partial charge in [0.15, 0.2) is 0 Å². The van der Waals surface area contributed by atoms with Crippen molar-refractivity contribution in [2.24, 2.45) is 5.92 Å². The fourth-order valence-corrected chi connectivity index (χ4v) is 3.67. The van der Waals surface area contributed by atoms with E-state index in [0.717, 1.165) is 43.3 Å². The summed E-state index contributed by atoms with van der Waals surface area (Å²) in [6.45, 7) is 0.698. The molecule has 3 aromatic heterocycles. The first kappa shape index (κ1) is 19.4. The number of pyridine rings is 2. The Morgan fingerprint density at radius 1 is 0.966 bits per heavy atom. The van der Waals surface area contributed by atoms with E-state index in [1.807, 2.05) is 18.2 Å². The van der Waals surface area contributed by atoms with Crippen molar-refractivity contribution in [2.45, 2.75) is 37.8 Å². The summed E-state index contributed by atoms with van der Waals surface area (Å²) < 4.78 is 44.0. The molecule has 0 atom stereocenters. The second-order valence-electron chi connectivity index (χ2n) is 7.33. The quantitative estimate of drug-likeness (QED) is 0.634. The molecular formula is C21H21F3N4O. The maximum Gasteiger partial charge on any atom is 0.432 e. The molecular weight excluding hydrogens is 381 g/mol. The number of hydrogen-bond acceptors (Lipinski definition) is 4. The zero-order chi connectivity index (χ0) is 20.3. The second kappa shape index (κ2) is 8.23. The van der Waals surface area contributed by atoms with E-state index in [1.165, 1.54) is 0 Å². The van der Waals surface area contributed by atoms with Crippen LogP contribution in [-0.2, 0) is 6.18 Å². The molecule has 1 aliphatic rings. The Morgan fingerprint density at radius 2 is 1.72 bits per heavy atom. The summed E-state index contributed by atoms with van der Waals surface area (Å²) in [5, 5.41) is 0. The van der Waals surface area contributed by atoms with Gasteiger partial charge in [-0.15, -0.1) is 0 Å². The largest absolute Gasteiger partial charge is 0.493 e. The summed E-state index contributed by atoms with van der Waals surface area (Å²) >= 11 is 0. The Kier molecular flexibility index (Phi) is 5.51. The Bertz CT molecular complexity index is 917. The van der Waals surface area contributed by atoms with Gasteiger partial charge in [0.1, 0.15) is 17.3 Å². The zero-order valence-electron chi connectivity index (χ0n) is 15.7. The van der Waals surface area contributed by atoms with Gasteiger partial charge in [0.05, 0.1) is 12.8 Å². The number of nitrogens with one attached hydrogen (secondary N) is 1. The average Bonchev–Trinajstić information content (AvgIpc) is 3.25. The molecule has 1 fully saturated rings. The van der Waals surface area contributed by atoms with Crippen molar-refractivity contribution in [3.8, 4) is 17.1 Å². The molecule has 4 rings (SSSR count). The van der Waals surface area contributed by atoms with Gasteiger partial charge in [-0.25, -0.2) is 4.98 Å². The molecule has 29 heavy (non-hydrogen) atoms. The Hall–Kier alpha value is -2.90. The van der Waals surface area contributed by atoms with Gasteiger partial charge >= 0.3 is 6.18 Å². The third-order valence-electron chi connectivity index (χ3n) is 5.34. The van der Waals surface area contributed by atoms with E-state index in [9.17, 15) is 13.2 Å². The van der Waals surface area contributed by atoms with Crippen LogP contribution in [0.2, 0.25) is 0 Å². The number of ether oxygens (including phenoxy) is 1. The molecule has 0 aromatic carbocycles. The topological polar surface area (TPSA) is 63.7 Å². The van der Waals surface area contributed by atoms with Crippen molar-refractivity contribution in [1.29, 1.82) is 0 Å². The molecule has 0 spiro atoms. The predicted molar refractivity (Wildman–Crippen MR) is 101 cm³/mol. The monoisotopic (exact) mass is 402 g/mol. The number of alkyl halides is 3. The highest BCUT2D eigenvalue weighted by Gasteiger charge is 2.33. The number of nitrogens with zero attached hydrogens (tertiary/aromatic N) is 3. The van der Waals surface area contributed by atoms with E-state index in [-0.39, 0.29) is 5.82 Å². The maximum atomic E-state index is 12.7. The van der Waals surface area contributed by atoms with Crippen molar-refractivity contribution in [3.05, 3.63) is 60.4 Å². The van der Waals surface area contributed by atoms with Crippen LogP contribution < -0.4 is 4.74 Å². The molecule has 8 heteroatoms. The number of aromatic amines is 1. The number of aromatic nitrogens is 4. The lowest BCUT2D eigenvalue weighted by Gasteiger charge is -2.28. The molecule has 0 amide bonds. The van der Waals surface area contributed by atoms with Gasteiger partial charge in [0.2, 0.25) is 0 Å². The van der Waals surface area contributed by atoms with Gasteiger partial charge in [-0.2, -0.15) is 13.2 Å². The standard InChI is InChI=1S/C21H21F3N4O/c22-21(23,24)19-12-27-20(28-19)16-5-6-18(26-11-16)15-3-1-14(2-4-15)13-29-17-7-9-25-10-8-17/h5-12,14-15H,1-4,13H2,(H,27,28). The van der Waals surface area contributed by atoms with E-state index in [0.29, 0.717) is 24.0 Å². The van der Waals surface area contributed by atoms with Gasteiger partial charge in [0.25, 0.3) is 0 Å². The number of hydrogen-bond donors (Lipinski definition) is 1. The fraction of sp³-hybridized carbons (Fsp3) is 0.381. The fourth-order valence-electron chi connectivity index (χ4n) is 3.67. The van der Waals surface area contributed by atoms with Crippen molar-refractivity contribution < 1.29 is 17.9 Å². The minimum atomic E-state index is -4.43. The van der Waals surface area contributed by atoms with Crippen LogP contribution in [0.4, 0.5) is 13.2 Å². The molecule has 3 heterocycles. The molecule has 1 saturated carbocycles. The maximum absolute atomic E-state index is 12.7. The highest BCUT2D eigenvalue weighted by atomic mass is 19.4. The predicted octanol–water partition coefficient (Wildman–Crippen LogP) is 5.24. The van der Waals surface area contributed by atoms with Crippen molar-refractivity contribution in [3.63, 3.8) is 0 Å². The van der Waals surface area contributed by atoms with Crippen LogP contribution in [0.1, 0.15) is 43.0 Å². The second-order valence-corrected chi connectivity index (χ2v) is 7.33. The molecule has 152 valence electrons. The summed E-state index contributed by atoms with van der Waals surface area (Å²) in [6, 6.07) is 7.38. The van der Waals surface area contributed by atoms with E-state index in [2.05, 4.69) is 19.9 Å². The van der Waals surface area contributed by atoms with E-state index >= 15 is 0 Å². The van der Waals surface area contributed by atoms with Crippen LogP contribution in [-0.4, -0.2) is 26.5 Å². The number of imidazole rings is 1. The molecule has 5 nitrogen and oxygen atoms in total. The van der Waals surface area contributed by atoms with Gasteiger partial charge < -0.3 is 9.72 Å². The Morgan fingerprint density at radius 3 is 2.34 bits per heavy atom. The smallest absolute Gasteiger partial charge is 0.432 e. The van der Waals surface area contributed by atoms with Crippen LogP contribution in [0.3, 0.4) is 0 Å². The van der Waals surface area contributed by atoms with Crippen LogP contribution >= 0.6 is 0 Å². The highest BCUT2D eigenvalue weighted by Crippen LogP contribution is 2.36. The van der Waals surface area contributed by atoms with Crippen molar-refractivity contribution in [2.75, 3.05) is 6.61 Å². The van der Waals surface area contributed by atoms with Crippen molar-refractivity contribution >= 4 is 0 Å². The summed E-state index contributed by atoms with van der Waals surface area (Å²) in [4.78, 5) is 14.6. The molecule has 0 unspecified atom stereocenters. The third kappa shape index (κ3) is 4.75. The van der Waals surface area contributed by atoms with Gasteiger partial charge in [-0.3, -0.25) is 9.97 Å². The van der Waals surface area contributed by atoms with Crippen molar-refractivity contribution in [1.82, 2.24) is 19.9 Å². The first-order valence-electron chi connectivity index (χ1n) is 9.60. The van der Waals surface area contributed by atoms with Gasteiger partial charge in [-0.05, 0) is 55.9 Å². The molecule has 0 bridgehead atoms. The first-order valence-corrected chi connectivity index (χ1v) is 9.60. The minimum absolute atomic E-state index is 0.174. The molecule has 1 N–H and O–H groups in total. The molecule has 0 saturated heterocycles. The van der Waals surface area contributed by atoms with E-state index in [1.54, 1.807) is 24.7 Å². The Labute approximate surface area is 166 Å². The number of halogens is 3. The van der Waals surface area contributed by atoms with Gasteiger partial charge in [-0.1, -0.05) is 0 Å². The van der Waals surface area contributed by atoms with Gasteiger partial charge in [0, 0.05) is 35.8 Å². The molecule has 3 aromatic rings. The number of rotatable bonds is 5. The summed E-state index contributed by atoms with van der Waals surface area (Å²) in [5.41, 5.74) is 0.664. The summed E-state index contributed by atoms with van der Waals surface area (Å²) in [5.74, 6) is 1.89. The molecule has 0 aliphatic heterocycles. The van der Waals surface area contributed by atoms with Crippen LogP contribution in [0.25, 0.3) is 11.4 Å². The van der Waals surface area contributed by atoms with E-state index < -0.39 is 11.9 Å². The SMILES string of the molecule is FC(F)(F)c1cnc(-c2ccc(C3CCC(COc4ccncc4)CC3)nc2)[nH]1. The highest BCUT2D eigenvalue weighted by molar-refractivity contribution is 5.54. The lowest BCUT2D eigenvalue weighted by atomic mass is 9.80. The van der Waals surface area contributed by atoms with E-state index in [4.69, 9.17) is 4.74 Å². The Balaban J connectivity index is 1.31. The van der Waals surface area contributed by atoms with Crippen LogP contribution in [0.15, 0.2) is 49.1 Å². The summed E-state index contributed by atoms with van der Waals surface area (Å²) in [6.07, 6.45) is 5.57. The zero-order valence-corrected chi connectivity index (χ0v) is 15.7. The van der Waals surface area contributed by atoms with Crippen LogP contribution in [0, 0.1) is 5.92 Å². The minimum Gasteiger partial charge on any atom is -0.493 e. The van der Waals surface area contributed by atoms with Crippen LogP contribution in [0.5, 0.6) is 5.75 Å². The third-order valence-corrected chi connectivity index (χ3v) is 5.34. The molecule has 0 radical (unpaired) electrons. The first-order chi connectivity index (χ1) is 14.0.